The van der Waals surface area contributed by atoms with Gasteiger partial charge in [-0.05, 0) is 33.2 Å². The minimum absolute atomic E-state index is 0.600. The van der Waals surface area contributed by atoms with Crippen LogP contribution in [0.4, 0.5) is 5.82 Å². The fraction of sp³-hybridized carbons (Fsp3) is 0.667. The van der Waals surface area contributed by atoms with Crippen LogP contribution in [0.1, 0.15) is 31.3 Å². The van der Waals surface area contributed by atoms with E-state index in [9.17, 15) is 5.11 Å². The summed E-state index contributed by atoms with van der Waals surface area (Å²) in [7, 11) is 0. The lowest BCUT2D eigenvalue weighted by atomic mass is 9.95. The van der Waals surface area contributed by atoms with E-state index in [2.05, 4.69) is 20.3 Å². The molecule has 0 aromatic carbocycles. The van der Waals surface area contributed by atoms with Gasteiger partial charge in [0.1, 0.15) is 11.6 Å². The van der Waals surface area contributed by atoms with Gasteiger partial charge in [0.15, 0.2) is 0 Å². The summed E-state index contributed by atoms with van der Waals surface area (Å²) in [5, 5.41) is 10.1. The number of anilines is 1. The molecule has 0 radical (unpaired) electrons. The Balaban J connectivity index is 2.07. The minimum atomic E-state index is -0.600. The predicted molar refractivity (Wildman–Crippen MR) is 69.7 cm³/mol. The van der Waals surface area contributed by atoms with Gasteiger partial charge in [0.25, 0.3) is 0 Å². The van der Waals surface area contributed by atoms with Gasteiger partial charge in [0.05, 0.1) is 12.1 Å². The molecule has 1 unspecified atom stereocenters. The molecule has 1 aliphatic rings. The maximum Gasteiger partial charge on any atom is 0.145 e. The molecule has 0 aliphatic carbocycles. The molecule has 0 bridgehead atoms. The molecule has 0 spiro atoms. The zero-order chi connectivity index (χ0) is 13.2. The largest absolute Gasteiger partial charge is 0.389 e. The van der Waals surface area contributed by atoms with Crippen LogP contribution in [0.3, 0.4) is 0 Å². The van der Waals surface area contributed by atoms with E-state index in [1.807, 2.05) is 13.8 Å². The quantitative estimate of drug-likeness (QED) is 0.533. The highest BCUT2D eigenvalue weighted by molar-refractivity contribution is 5.33. The number of piperidine rings is 1. The molecule has 2 rings (SSSR count). The topological polar surface area (TPSA) is 87.3 Å². The van der Waals surface area contributed by atoms with Gasteiger partial charge in [-0.3, -0.25) is 4.90 Å². The molecule has 2 heterocycles. The molecule has 1 atom stereocenters. The van der Waals surface area contributed by atoms with E-state index >= 15 is 0 Å². The number of nitrogen functional groups attached to an aromatic ring is 1. The molecule has 1 aromatic heterocycles. The number of likely N-dealkylation sites (tertiary alicyclic amines) is 1. The number of aromatic nitrogens is 2. The smallest absolute Gasteiger partial charge is 0.145 e. The average molecular weight is 251 g/mol. The first kappa shape index (κ1) is 13.2. The Bertz CT molecular complexity index is 421. The second-order valence-electron chi connectivity index (χ2n) is 5.27. The summed E-state index contributed by atoms with van der Waals surface area (Å²) < 4.78 is 0. The number of rotatable bonds is 3. The normalized spacial score (nSPS) is 25.1. The van der Waals surface area contributed by atoms with Crippen LogP contribution in [0.2, 0.25) is 0 Å². The predicted octanol–water partition coefficient (Wildman–Crippen LogP) is 0.417. The molecular weight excluding hydrogens is 230 g/mol. The first-order valence-corrected chi connectivity index (χ1v) is 6.24. The molecule has 6 heteroatoms. The highest BCUT2D eigenvalue weighted by Gasteiger charge is 2.28. The van der Waals surface area contributed by atoms with Crippen molar-refractivity contribution >= 4 is 5.82 Å². The van der Waals surface area contributed by atoms with Crippen LogP contribution in [0.5, 0.6) is 0 Å². The molecule has 1 aliphatic heterocycles. The van der Waals surface area contributed by atoms with E-state index in [4.69, 9.17) is 5.84 Å². The number of aliphatic hydroxyl groups is 1. The van der Waals surface area contributed by atoms with Crippen molar-refractivity contribution in [1.29, 1.82) is 0 Å². The molecule has 1 saturated heterocycles. The van der Waals surface area contributed by atoms with E-state index in [-0.39, 0.29) is 0 Å². The third kappa shape index (κ3) is 3.38. The minimum Gasteiger partial charge on any atom is -0.389 e. The molecule has 6 nitrogen and oxygen atoms in total. The summed E-state index contributed by atoms with van der Waals surface area (Å²) in [6.07, 6.45) is 1.86. The van der Waals surface area contributed by atoms with Crippen molar-refractivity contribution in [2.24, 2.45) is 5.84 Å². The summed E-state index contributed by atoms with van der Waals surface area (Å²) >= 11 is 0. The summed E-state index contributed by atoms with van der Waals surface area (Å²) in [6, 6.07) is 1.80. The Kier molecular flexibility index (Phi) is 3.79. The van der Waals surface area contributed by atoms with Gasteiger partial charge in [0.2, 0.25) is 0 Å². The zero-order valence-electron chi connectivity index (χ0n) is 11.0. The van der Waals surface area contributed by atoms with Crippen LogP contribution >= 0.6 is 0 Å². The monoisotopic (exact) mass is 251 g/mol. The second-order valence-corrected chi connectivity index (χ2v) is 5.27. The first-order valence-electron chi connectivity index (χ1n) is 6.24. The van der Waals surface area contributed by atoms with Crippen LogP contribution in [0, 0.1) is 6.92 Å². The molecule has 100 valence electrons. The van der Waals surface area contributed by atoms with Gasteiger partial charge in [-0.2, -0.15) is 0 Å². The number of hydrogen-bond donors (Lipinski definition) is 3. The Hall–Kier alpha value is -1.24. The Morgan fingerprint density at radius 1 is 1.56 bits per heavy atom. The van der Waals surface area contributed by atoms with Gasteiger partial charge in [-0.25, -0.2) is 15.8 Å². The van der Waals surface area contributed by atoms with Crippen LogP contribution < -0.4 is 11.3 Å². The molecule has 1 fully saturated rings. The average Bonchev–Trinajstić information content (AvgIpc) is 2.26. The number of nitrogens with one attached hydrogen (secondary N) is 1. The first-order chi connectivity index (χ1) is 8.48. The lowest BCUT2D eigenvalue weighted by Crippen LogP contribution is -2.45. The lowest BCUT2D eigenvalue weighted by Gasteiger charge is -2.36. The van der Waals surface area contributed by atoms with E-state index in [0.717, 1.165) is 30.9 Å². The highest BCUT2D eigenvalue weighted by atomic mass is 16.3. The highest BCUT2D eigenvalue weighted by Crippen LogP contribution is 2.21. The van der Waals surface area contributed by atoms with Crippen molar-refractivity contribution < 1.29 is 5.11 Å². The number of hydrazine groups is 1. The zero-order valence-corrected chi connectivity index (χ0v) is 11.0. The number of β-amino-alcohol motifs (C(OH)–C–C–N with tert-alkyl or cyclic N) is 1. The van der Waals surface area contributed by atoms with Crippen LogP contribution in [0.15, 0.2) is 6.07 Å². The Morgan fingerprint density at radius 3 is 3.00 bits per heavy atom. The third-order valence-electron chi connectivity index (χ3n) is 3.17. The molecular formula is C12H21N5O. The van der Waals surface area contributed by atoms with Gasteiger partial charge in [-0.15, -0.1) is 0 Å². The molecule has 0 saturated carbocycles. The summed E-state index contributed by atoms with van der Waals surface area (Å²) in [5.74, 6) is 6.73. The Morgan fingerprint density at radius 2 is 2.33 bits per heavy atom. The van der Waals surface area contributed by atoms with Crippen molar-refractivity contribution in [3.05, 3.63) is 17.6 Å². The van der Waals surface area contributed by atoms with Crippen LogP contribution in [-0.4, -0.2) is 38.7 Å². The summed E-state index contributed by atoms with van der Waals surface area (Å²) in [4.78, 5) is 10.9. The van der Waals surface area contributed by atoms with Crippen molar-refractivity contribution in [1.82, 2.24) is 14.9 Å². The van der Waals surface area contributed by atoms with Gasteiger partial charge < -0.3 is 10.5 Å². The lowest BCUT2D eigenvalue weighted by molar-refractivity contribution is -0.0188. The van der Waals surface area contributed by atoms with E-state index in [1.54, 1.807) is 6.07 Å². The van der Waals surface area contributed by atoms with Gasteiger partial charge in [-0.1, -0.05) is 0 Å². The van der Waals surface area contributed by atoms with Crippen molar-refractivity contribution in [3.63, 3.8) is 0 Å². The van der Waals surface area contributed by atoms with E-state index in [1.165, 1.54) is 0 Å². The Labute approximate surface area is 107 Å². The summed E-state index contributed by atoms with van der Waals surface area (Å²) in [6.45, 7) is 6.07. The van der Waals surface area contributed by atoms with Crippen LogP contribution in [-0.2, 0) is 6.54 Å². The van der Waals surface area contributed by atoms with Gasteiger partial charge in [0, 0.05) is 18.3 Å². The van der Waals surface area contributed by atoms with E-state index in [0.29, 0.717) is 18.9 Å². The third-order valence-corrected chi connectivity index (χ3v) is 3.17. The van der Waals surface area contributed by atoms with Crippen molar-refractivity contribution in [2.45, 2.75) is 38.8 Å². The molecule has 18 heavy (non-hydrogen) atoms. The van der Waals surface area contributed by atoms with E-state index < -0.39 is 5.60 Å². The standard InChI is InChI=1S/C12H21N5O/c1-9-6-10(16-13)15-11(14-9)7-17-5-3-4-12(2,18)8-17/h6,18H,3-5,7-8,13H2,1-2H3,(H,14,15,16). The van der Waals surface area contributed by atoms with Crippen molar-refractivity contribution in [3.8, 4) is 0 Å². The summed E-state index contributed by atoms with van der Waals surface area (Å²) in [5.41, 5.74) is 2.83. The second kappa shape index (κ2) is 5.17. The molecule has 4 N–H and O–H groups in total. The maximum atomic E-state index is 10.1. The fourth-order valence-corrected chi connectivity index (χ4v) is 2.43. The number of nitrogens with zero attached hydrogens (tertiary/aromatic N) is 3. The molecule has 1 aromatic rings. The number of nitrogens with two attached hydrogens (primary N) is 1. The number of aryl methyl sites for hydroxylation is 1. The molecule has 0 amide bonds. The van der Waals surface area contributed by atoms with Crippen molar-refractivity contribution in [2.75, 3.05) is 18.5 Å². The number of hydrogen-bond acceptors (Lipinski definition) is 6. The van der Waals surface area contributed by atoms with Crippen LogP contribution in [0.25, 0.3) is 0 Å². The van der Waals surface area contributed by atoms with Gasteiger partial charge >= 0.3 is 0 Å². The fourth-order valence-electron chi connectivity index (χ4n) is 2.43. The SMILES string of the molecule is Cc1cc(NN)nc(CN2CCCC(C)(O)C2)n1. The maximum absolute atomic E-state index is 10.1.